The van der Waals surface area contributed by atoms with E-state index in [9.17, 15) is 36.5 Å². The van der Waals surface area contributed by atoms with Crippen molar-refractivity contribution in [3.05, 3.63) is 116 Å². The van der Waals surface area contributed by atoms with Crippen LogP contribution in [0.5, 0.6) is 0 Å². The number of pyridine rings is 1. The second kappa shape index (κ2) is 17.3. The van der Waals surface area contributed by atoms with E-state index in [1.165, 1.54) is 34.3 Å². The van der Waals surface area contributed by atoms with Gasteiger partial charge in [0.25, 0.3) is 20.2 Å². The molecule has 4 aromatic heterocycles. The van der Waals surface area contributed by atoms with Crippen molar-refractivity contribution in [2.24, 2.45) is 10.2 Å². The van der Waals surface area contributed by atoms with Crippen LogP contribution in [0.25, 0.3) is 25.6 Å². The average molecular weight is 986 g/mol. The number of fused-ring (bicyclic) bond motifs is 2. The molecular formula is C47H43N11O6S4. The molecule has 8 aromatic rings. The number of hydrogen-bond acceptors (Lipinski definition) is 16. The number of aromatic nitrogens is 5. The van der Waals surface area contributed by atoms with Gasteiger partial charge in [0.1, 0.15) is 38.7 Å². The summed E-state index contributed by atoms with van der Waals surface area (Å²) in [4.78, 5) is 15.7. The molecule has 8 rings (SSSR count). The van der Waals surface area contributed by atoms with Crippen molar-refractivity contribution in [3.63, 3.8) is 0 Å². The zero-order chi connectivity index (χ0) is 49.4. The molecular weight excluding hydrogens is 943 g/mol. The quantitative estimate of drug-likeness (QED) is 0.0851. The first kappa shape index (κ1) is 47.5. The normalized spacial score (nSPS) is 12.3. The number of hydrogen-bond donors (Lipinski definition) is 3. The standard InChI is InChI=1S/C47H43N11O6S4/c1-23-19-25(3)39(67(59,60)61)28(6)36(23)52-42-37(54-55-44-31(22-49)41(47(8,9)10)56-58(44)46-51-33-16-12-14-18-35(33)66-46)27(5)30(21-48)43(53-42)57(45-50-32-15-11-13-17-34(32)65-45)38-24(2)20-26(4)40(29(38)7)68(62,63)64/h11-20H,1-10H3,(H,52,53)(H,59,60,61)(H,62,63,64). The van der Waals surface area contributed by atoms with Crippen molar-refractivity contribution in [2.75, 3.05) is 10.2 Å². The number of anilines is 5. The molecule has 0 bridgehead atoms. The number of nitriles is 2. The van der Waals surface area contributed by atoms with Crippen LogP contribution in [0, 0.1) is 71.1 Å². The Kier molecular flexibility index (Phi) is 12.1. The van der Waals surface area contributed by atoms with Gasteiger partial charge in [-0.3, -0.25) is 14.0 Å². The van der Waals surface area contributed by atoms with Gasteiger partial charge in [0.05, 0.1) is 31.8 Å². The zero-order valence-corrected chi connectivity index (χ0v) is 41.7. The van der Waals surface area contributed by atoms with E-state index in [1.807, 2.05) is 69.3 Å². The second-order valence-corrected chi connectivity index (χ2v) is 22.0. The molecule has 0 spiro atoms. The Balaban J connectivity index is 1.47. The Morgan fingerprint density at radius 3 is 1.82 bits per heavy atom. The molecule has 0 radical (unpaired) electrons. The minimum absolute atomic E-state index is 0.00319. The van der Waals surface area contributed by atoms with E-state index >= 15 is 0 Å². The van der Waals surface area contributed by atoms with Gasteiger partial charge in [0, 0.05) is 16.7 Å². The topological polar surface area (TPSA) is 253 Å². The smallest absolute Gasteiger partial charge is 0.295 e. The Bertz CT molecular complexity index is 3710. The molecule has 17 nitrogen and oxygen atoms in total. The monoisotopic (exact) mass is 985 g/mol. The summed E-state index contributed by atoms with van der Waals surface area (Å²) in [6.07, 6.45) is 0. The van der Waals surface area contributed by atoms with Crippen LogP contribution in [0.1, 0.15) is 76.5 Å². The number of rotatable bonds is 10. The third-order valence-electron chi connectivity index (χ3n) is 11.3. The van der Waals surface area contributed by atoms with Crippen molar-refractivity contribution in [2.45, 2.75) is 84.4 Å². The van der Waals surface area contributed by atoms with Crippen LogP contribution in [-0.2, 0) is 25.7 Å². The van der Waals surface area contributed by atoms with Gasteiger partial charge in [-0.15, -0.1) is 10.2 Å². The molecule has 3 N–H and O–H groups in total. The predicted molar refractivity (Wildman–Crippen MR) is 264 cm³/mol. The molecule has 0 amide bonds. The van der Waals surface area contributed by atoms with Crippen LogP contribution in [0.2, 0.25) is 0 Å². The molecule has 4 aromatic carbocycles. The first-order chi connectivity index (χ1) is 31.9. The highest BCUT2D eigenvalue weighted by atomic mass is 32.2. The van der Waals surface area contributed by atoms with Crippen molar-refractivity contribution in [1.82, 2.24) is 24.7 Å². The highest BCUT2D eigenvalue weighted by molar-refractivity contribution is 7.86. The van der Waals surface area contributed by atoms with Gasteiger partial charge in [-0.05, 0) is 106 Å². The van der Waals surface area contributed by atoms with Gasteiger partial charge in [0.2, 0.25) is 5.13 Å². The summed E-state index contributed by atoms with van der Waals surface area (Å²) in [5, 5.41) is 40.2. The maximum Gasteiger partial charge on any atom is 0.295 e. The summed E-state index contributed by atoms with van der Waals surface area (Å²) < 4.78 is 75.8. The summed E-state index contributed by atoms with van der Waals surface area (Å²) in [7, 11) is -9.53. The summed E-state index contributed by atoms with van der Waals surface area (Å²) in [5.74, 6) is -0.0484. The molecule has 0 aliphatic carbocycles. The Morgan fingerprint density at radius 1 is 0.706 bits per heavy atom. The molecule has 0 saturated carbocycles. The minimum atomic E-state index is -4.79. The fourth-order valence-corrected chi connectivity index (χ4v) is 12.3. The lowest BCUT2D eigenvalue weighted by Gasteiger charge is -2.28. The highest BCUT2D eigenvalue weighted by Crippen LogP contribution is 2.48. The molecule has 0 fully saturated rings. The minimum Gasteiger partial charge on any atom is -0.338 e. The van der Waals surface area contributed by atoms with Crippen LogP contribution in [-0.4, -0.2) is 50.7 Å². The molecule has 0 atom stereocenters. The third-order valence-corrected chi connectivity index (χ3v) is 15.7. The fraction of sp³-hybridized carbons (Fsp3) is 0.234. The number of azo groups is 1. The van der Waals surface area contributed by atoms with Gasteiger partial charge in [-0.2, -0.15) is 37.1 Å². The maximum absolute atomic E-state index is 13.0. The van der Waals surface area contributed by atoms with Crippen molar-refractivity contribution in [3.8, 4) is 17.3 Å². The van der Waals surface area contributed by atoms with Crippen LogP contribution in [0.3, 0.4) is 0 Å². The van der Waals surface area contributed by atoms with E-state index < -0.39 is 25.7 Å². The molecule has 0 aliphatic heterocycles. The van der Waals surface area contributed by atoms with Gasteiger partial charge in [0.15, 0.2) is 22.6 Å². The molecule has 21 heteroatoms. The molecule has 0 saturated heterocycles. The zero-order valence-electron chi connectivity index (χ0n) is 38.4. The number of thiazole rings is 2. The van der Waals surface area contributed by atoms with Gasteiger partial charge >= 0.3 is 0 Å². The van der Waals surface area contributed by atoms with Gasteiger partial charge in [-0.25, -0.2) is 15.0 Å². The van der Waals surface area contributed by atoms with E-state index in [4.69, 9.17) is 30.3 Å². The lowest BCUT2D eigenvalue weighted by molar-refractivity contribution is 0.479. The van der Waals surface area contributed by atoms with E-state index in [-0.39, 0.29) is 82.8 Å². The largest absolute Gasteiger partial charge is 0.338 e. The van der Waals surface area contributed by atoms with Crippen molar-refractivity contribution < 1.29 is 25.9 Å². The summed E-state index contributed by atoms with van der Waals surface area (Å²) in [6, 6.07) is 22.6. The van der Waals surface area contributed by atoms with Crippen LogP contribution >= 0.6 is 22.7 Å². The molecule has 346 valence electrons. The Labute approximate surface area is 400 Å². The summed E-state index contributed by atoms with van der Waals surface area (Å²) >= 11 is 2.58. The average Bonchev–Trinajstić information content (AvgIpc) is 3.97. The Morgan fingerprint density at radius 2 is 1.26 bits per heavy atom. The lowest BCUT2D eigenvalue weighted by atomic mass is 9.90. The molecule has 4 heterocycles. The third kappa shape index (κ3) is 8.38. The van der Waals surface area contributed by atoms with Gasteiger partial charge < -0.3 is 5.32 Å². The number of para-hydroxylation sites is 2. The van der Waals surface area contributed by atoms with Crippen LogP contribution in [0.4, 0.5) is 39.6 Å². The number of benzene rings is 4. The summed E-state index contributed by atoms with van der Waals surface area (Å²) in [5.41, 5.74) is 3.89. The maximum atomic E-state index is 13.0. The number of nitrogens with zero attached hydrogens (tertiary/aromatic N) is 10. The molecule has 0 unspecified atom stereocenters. The van der Waals surface area contributed by atoms with Crippen molar-refractivity contribution >= 4 is 103 Å². The first-order valence-electron chi connectivity index (χ1n) is 20.8. The van der Waals surface area contributed by atoms with E-state index in [0.29, 0.717) is 38.5 Å². The Hall–Kier alpha value is -6.98. The van der Waals surface area contributed by atoms with E-state index in [1.54, 1.807) is 58.6 Å². The summed E-state index contributed by atoms with van der Waals surface area (Å²) in [6.45, 7) is 17.0. The predicted octanol–water partition coefficient (Wildman–Crippen LogP) is 11.8. The first-order valence-corrected chi connectivity index (χ1v) is 25.3. The van der Waals surface area contributed by atoms with Crippen LogP contribution in [0.15, 0.2) is 80.7 Å². The van der Waals surface area contributed by atoms with Crippen molar-refractivity contribution in [1.29, 1.82) is 10.5 Å². The lowest BCUT2D eigenvalue weighted by Crippen LogP contribution is -2.19. The molecule has 68 heavy (non-hydrogen) atoms. The van der Waals surface area contributed by atoms with E-state index in [2.05, 4.69) is 17.5 Å². The van der Waals surface area contributed by atoms with Crippen LogP contribution < -0.4 is 10.2 Å². The highest BCUT2D eigenvalue weighted by Gasteiger charge is 2.33. The van der Waals surface area contributed by atoms with Gasteiger partial charge in [-0.1, -0.05) is 79.8 Å². The van der Waals surface area contributed by atoms with E-state index in [0.717, 1.165) is 9.40 Å². The second-order valence-electron chi connectivity index (χ2n) is 17.3. The SMILES string of the molecule is Cc1cc(C)c(S(=O)(=O)O)c(C)c1Nc1nc(N(c2nc3ccccc3s2)c2c(C)cc(C)c(S(=O)(=O)O)c2C)c(C#N)c(C)c1N=Nc1c(C#N)c(C(C)(C)C)nn1-c1nc2ccccc2s1. The molecule has 0 aliphatic rings. The number of aryl methyl sites for hydroxylation is 4. The fourth-order valence-electron chi connectivity index (χ4n) is 8.52. The number of nitrogens with one attached hydrogen (secondary N) is 1.